The Morgan fingerprint density at radius 3 is 2.35 bits per heavy atom. The van der Waals surface area contributed by atoms with Crippen LogP contribution < -0.4 is 0 Å². The first-order valence-electron chi connectivity index (χ1n) is 13.0. The summed E-state index contributed by atoms with van der Waals surface area (Å²) < 4.78 is 0. The average Bonchev–Trinajstić information content (AvgIpc) is 3.02. The molecule has 0 saturated heterocycles. The Balaban J connectivity index is 1.68. The molecule has 0 radical (unpaired) electrons. The Morgan fingerprint density at radius 2 is 1.74 bits per heavy atom. The van der Waals surface area contributed by atoms with Crippen LogP contribution in [0.4, 0.5) is 0 Å². The fourth-order valence-electron chi connectivity index (χ4n) is 8.28. The van der Waals surface area contributed by atoms with E-state index in [1.165, 1.54) is 0 Å². The maximum absolute atomic E-state index is 13.3. The zero-order valence-corrected chi connectivity index (χ0v) is 21.2. The van der Waals surface area contributed by atoms with E-state index in [1.54, 1.807) is 13.0 Å². The zero-order valence-electron chi connectivity index (χ0n) is 21.2. The highest BCUT2D eigenvalue weighted by Gasteiger charge is 2.69. The highest BCUT2D eigenvalue weighted by Crippen LogP contribution is 2.68. The number of allylic oxidation sites excluding steroid dienone is 1. The third kappa shape index (κ3) is 3.57. The van der Waals surface area contributed by atoms with Crippen molar-refractivity contribution in [3.8, 4) is 0 Å². The summed E-state index contributed by atoms with van der Waals surface area (Å²) in [6, 6.07) is 0. The number of ketones is 1. The van der Waals surface area contributed by atoms with E-state index in [4.69, 9.17) is 0 Å². The van der Waals surface area contributed by atoms with E-state index in [2.05, 4.69) is 0 Å². The molecule has 0 aliphatic heterocycles. The minimum atomic E-state index is -1.52. The number of carbonyl (C=O) groups excluding carboxylic acids is 1. The molecule has 0 heterocycles. The molecule has 0 bridgehead atoms. The molecule has 7 heteroatoms. The fourth-order valence-corrected chi connectivity index (χ4v) is 8.28. The van der Waals surface area contributed by atoms with Crippen LogP contribution in [-0.4, -0.2) is 72.0 Å². The predicted molar refractivity (Wildman–Crippen MR) is 127 cm³/mol. The fraction of sp³-hybridized carbons (Fsp3) is 0.889. The summed E-state index contributed by atoms with van der Waals surface area (Å²) in [4.78, 5) is 13.3. The van der Waals surface area contributed by atoms with E-state index in [9.17, 15) is 35.4 Å². The van der Waals surface area contributed by atoms with Gasteiger partial charge in [-0.3, -0.25) is 4.79 Å². The van der Waals surface area contributed by atoms with E-state index >= 15 is 0 Å². The number of rotatable bonds is 5. The molecule has 0 amide bonds. The summed E-state index contributed by atoms with van der Waals surface area (Å²) in [6.07, 6.45) is 0.680. The highest BCUT2D eigenvalue weighted by molar-refractivity contribution is 5.95. The van der Waals surface area contributed by atoms with Gasteiger partial charge >= 0.3 is 0 Å². The minimum absolute atomic E-state index is 0.0477. The van der Waals surface area contributed by atoms with E-state index in [-0.39, 0.29) is 36.4 Å². The molecular formula is C27H44O7. The second kappa shape index (κ2) is 8.35. The van der Waals surface area contributed by atoms with Crippen molar-refractivity contribution in [2.45, 2.75) is 115 Å². The minimum Gasteiger partial charge on any atom is -0.393 e. The van der Waals surface area contributed by atoms with Crippen molar-refractivity contribution in [1.29, 1.82) is 0 Å². The second-order valence-electron chi connectivity index (χ2n) is 12.9. The largest absolute Gasteiger partial charge is 0.393 e. The molecule has 4 aliphatic carbocycles. The molecule has 11 atom stereocenters. The van der Waals surface area contributed by atoms with Crippen molar-refractivity contribution >= 4 is 5.78 Å². The lowest BCUT2D eigenvalue weighted by Crippen LogP contribution is -2.63. The normalized spacial score (nSPS) is 47.8. The van der Waals surface area contributed by atoms with Crippen LogP contribution in [0.5, 0.6) is 0 Å². The van der Waals surface area contributed by atoms with Gasteiger partial charge in [-0.15, -0.1) is 0 Å². The maximum Gasteiger partial charge on any atom is 0.159 e. The first kappa shape index (κ1) is 26.2. The average molecular weight is 481 g/mol. The van der Waals surface area contributed by atoms with Gasteiger partial charge in [0.1, 0.15) is 0 Å². The van der Waals surface area contributed by atoms with Gasteiger partial charge in [-0.25, -0.2) is 0 Å². The van der Waals surface area contributed by atoms with E-state index in [0.29, 0.717) is 37.7 Å². The third-order valence-corrected chi connectivity index (χ3v) is 10.7. The Labute approximate surface area is 202 Å². The molecule has 3 saturated carbocycles. The van der Waals surface area contributed by atoms with Gasteiger partial charge in [0.2, 0.25) is 0 Å². The van der Waals surface area contributed by atoms with E-state index < -0.39 is 52.4 Å². The van der Waals surface area contributed by atoms with Gasteiger partial charge in [0, 0.05) is 17.8 Å². The van der Waals surface area contributed by atoms with Crippen LogP contribution in [0.25, 0.3) is 0 Å². The molecule has 0 aromatic carbocycles. The lowest BCUT2D eigenvalue weighted by molar-refractivity contribution is -0.179. The van der Waals surface area contributed by atoms with Crippen molar-refractivity contribution in [2.75, 3.05) is 0 Å². The van der Waals surface area contributed by atoms with Gasteiger partial charge in [0.05, 0.1) is 35.6 Å². The first-order valence-corrected chi connectivity index (χ1v) is 13.0. The van der Waals surface area contributed by atoms with Crippen LogP contribution in [-0.2, 0) is 4.79 Å². The lowest BCUT2D eigenvalue weighted by atomic mass is 9.45. The molecule has 0 aromatic rings. The van der Waals surface area contributed by atoms with Crippen molar-refractivity contribution in [3.05, 3.63) is 11.6 Å². The van der Waals surface area contributed by atoms with Crippen LogP contribution in [0.1, 0.15) is 79.6 Å². The Bertz CT molecular complexity index is 852. The van der Waals surface area contributed by atoms with Crippen LogP contribution in [0.15, 0.2) is 11.6 Å². The number of hydrogen-bond donors (Lipinski definition) is 6. The van der Waals surface area contributed by atoms with Crippen molar-refractivity contribution in [1.82, 2.24) is 0 Å². The summed E-state index contributed by atoms with van der Waals surface area (Å²) in [5, 5.41) is 65.7. The van der Waals surface area contributed by atoms with Gasteiger partial charge < -0.3 is 30.6 Å². The zero-order chi connectivity index (χ0) is 25.4. The smallest absolute Gasteiger partial charge is 0.159 e. The Hall–Kier alpha value is -0.830. The highest BCUT2D eigenvalue weighted by atomic mass is 16.3. The number of aliphatic hydroxyl groups excluding tert-OH is 4. The molecule has 0 unspecified atom stereocenters. The van der Waals surface area contributed by atoms with E-state index in [1.807, 2.05) is 27.7 Å². The van der Waals surface area contributed by atoms with Crippen LogP contribution in [0, 0.1) is 34.5 Å². The summed E-state index contributed by atoms with van der Waals surface area (Å²) in [5.74, 6) is -1.04. The first-order chi connectivity index (χ1) is 15.6. The summed E-state index contributed by atoms with van der Waals surface area (Å²) >= 11 is 0. The van der Waals surface area contributed by atoms with Crippen molar-refractivity contribution < 1.29 is 35.4 Å². The third-order valence-electron chi connectivity index (χ3n) is 10.7. The standard InChI is InChI=1S/C27H44O7/c1-14(2)18(28)12-23(32)26(5,33)22-7-9-27(34)16-10-19(29)17-11-20(30)21(31)13-24(17,3)15(16)6-8-25(22,27)4/h10,14-15,17-18,20-23,28,30-34H,6-9,11-13H2,1-5H3/t15-,17-,18+,20+,21-,22+,23-,24+,25+,26+,27+/m0/s1. The Kier molecular flexibility index (Phi) is 6.45. The lowest BCUT2D eigenvalue weighted by Gasteiger charge is -2.60. The SMILES string of the molecule is CC(C)[C@H](O)C[C@H](O)[C@](C)(O)[C@@H]1CC[C@@]2(O)C3=CC(=O)[C@@H]4C[C@@H](O)[C@@H](O)C[C@]4(C)[C@H]3CC[C@]12C. The second-order valence-corrected chi connectivity index (χ2v) is 12.9. The van der Waals surface area contributed by atoms with Crippen LogP contribution in [0.2, 0.25) is 0 Å². The molecule has 6 N–H and O–H groups in total. The number of aliphatic hydroxyl groups is 6. The van der Waals surface area contributed by atoms with E-state index in [0.717, 1.165) is 0 Å². The maximum atomic E-state index is 13.3. The Morgan fingerprint density at radius 1 is 1.09 bits per heavy atom. The summed E-state index contributed by atoms with van der Waals surface area (Å²) in [6.45, 7) is 9.30. The molecule has 34 heavy (non-hydrogen) atoms. The van der Waals surface area contributed by atoms with Crippen LogP contribution >= 0.6 is 0 Å². The molecule has 7 nitrogen and oxygen atoms in total. The topological polar surface area (TPSA) is 138 Å². The van der Waals surface area contributed by atoms with Crippen LogP contribution in [0.3, 0.4) is 0 Å². The number of hydrogen-bond acceptors (Lipinski definition) is 7. The molecule has 4 aliphatic rings. The molecule has 0 spiro atoms. The number of carbonyl (C=O) groups is 1. The molecule has 0 aromatic heterocycles. The van der Waals surface area contributed by atoms with Gasteiger partial charge in [-0.1, -0.05) is 27.7 Å². The molecule has 4 rings (SSSR count). The molecular weight excluding hydrogens is 436 g/mol. The number of fused-ring (bicyclic) bond motifs is 5. The van der Waals surface area contributed by atoms with Gasteiger partial charge in [-0.05, 0) is 80.3 Å². The summed E-state index contributed by atoms with van der Waals surface area (Å²) in [7, 11) is 0. The van der Waals surface area contributed by atoms with Gasteiger partial charge in [-0.2, -0.15) is 0 Å². The van der Waals surface area contributed by atoms with Crippen molar-refractivity contribution in [2.24, 2.45) is 34.5 Å². The van der Waals surface area contributed by atoms with Crippen molar-refractivity contribution in [3.63, 3.8) is 0 Å². The van der Waals surface area contributed by atoms with Gasteiger partial charge in [0.25, 0.3) is 0 Å². The molecule has 194 valence electrons. The molecule has 3 fully saturated rings. The quantitative estimate of drug-likeness (QED) is 0.352. The monoisotopic (exact) mass is 480 g/mol. The summed E-state index contributed by atoms with van der Waals surface area (Å²) in [5.41, 5.74) is -3.41. The van der Waals surface area contributed by atoms with Gasteiger partial charge in [0.15, 0.2) is 5.78 Å². The predicted octanol–water partition coefficient (Wildman–Crippen LogP) is 1.71.